The van der Waals surface area contributed by atoms with Crippen LogP contribution in [0.3, 0.4) is 0 Å². The summed E-state index contributed by atoms with van der Waals surface area (Å²) < 4.78 is 40.1. The molecule has 0 fully saturated rings. The molecule has 20 heavy (non-hydrogen) atoms. The van der Waals surface area contributed by atoms with Crippen LogP contribution < -0.4 is 11.3 Å². The molecule has 0 aliphatic carbocycles. The summed E-state index contributed by atoms with van der Waals surface area (Å²) in [5.41, 5.74) is 2.65. The van der Waals surface area contributed by atoms with Crippen LogP contribution in [0, 0.1) is 0 Å². The van der Waals surface area contributed by atoms with Gasteiger partial charge in [0.15, 0.2) is 4.60 Å². The number of nitrogens with one attached hydrogen (secondary N) is 1. The highest BCUT2D eigenvalue weighted by Gasteiger charge is 2.31. The number of alkyl halides is 3. The number of aryl methyl sites for hydroxylation is 1. The van der Waals surface area contributed by atoms with E-state index in [1.165, 1.54) is 10.7 Å². The third-order valence-electron chi connectivity index (χ3n) is 2.81. The first-order chi connectivity index (χ1) is 9.34. The normalized spacial score (nSPS) is 13.5. The van der Waals surface area contributed by atoms with Gasteiger partial charge in [-0.25, -0.2) is 10.1 Å². The average Bonchev–Trinajstić information content (AvgIpc) is 2.71. The number of benzene rings is 1. The second kappa shape index (κ2) is 5.51. The Kier molecular flexibility index (Phi) is 4.11. The fourth-order valence-electron chi connectivity index (χ4n) is 1.87. The first kappa shape index (κ1) is 14.9. The summed E-state index contributed by atoms with van der Waals surface area (Å²) in [6.07, 6.45) is -4.41. The number of hydrogen-bond acceptors (Lipinski definition) is 4. The molecule has 0 saturated heterocycles. The number of halogens is 4. The van der Waals surface area contributed by atoms with Crippen LogP contribution in [0.4, 0.5) is 13.2 Å². The van der Waals surface area contributed by atoms with Crippen molar-refractivity contribution in [3.8, 4) is 0 Å². The zero-order chi connectivity index (χ0) is 14.9. The van der Waals surface area contributed by atoms with Gasteiger partial charge in [0.05, 0.1) is 17.3 Å². The highest BCUT2D eigenvalue weighted by atomic mass is 79.9. The van der Waals surface area contributed by atoms with E-state index < -0.39 is 17.8 Å². The summed E-state index contributed by atoms with van der Waals surface area (Å²) in [6, 6.07) is 4.28. The van der Waals surface area contributed by atoms with E-state index in [0.29, 0.717) is 15.9 Å². The van der Waals surface area contributed by atoms with Crippen molar-refractivity contribution in [2.75, 3.05) is 0 Å². The van der Waals surface area contributed by atoms with Gasteiger partial charge < -0.3 is 0 Å². The molecule has 1 unspecified atom stereocenters. The molecule has 3 N–H and O–H groups in total. The molecule has 9 heteroatoms. The van der Waals surface area contributed by atoms with Crippen molar-refractivity contribution >= 4 is 15.9 Å². The summed E-state index contributed by atoms with van der Waals surface area (Å²) in [7, 11) is 1.63. The Morgan fingerprint density at radius 3 is 2.60 bits per heavy atom. The van der Waals surface area contributed by atoms with Crippen molar-refractivity contribution in [2.24, 2.45) is 12.9 Å². The third kappa shape index (κ3) is 2.84. The highest BCUT2D eigenvalue weighted by molar-refractivity contribution is 9.10. The molecule has 1 heterocycles. The molecule has 1 aromatic carbocycles. The maximum atomic E-state index is 12.7. The lowest BCUT2D eigenvalue weighted by Gasteiger charge is -2.18. The third-order valence-corrected chi connectivity index (χ3v) is 3.38. The minimum absolute atomic E-state index is 0.369. The summed E-state index contributed by atoms with van der Waals surface area (Å²) in [6.45, 7) is 0. The van der Waals surface area contributed by atoms with E-state index in [1.54, 1.807) is 13.1 Å². The molecule has 2 rings (SSSR count). The van der Waals surface area contributed by atoms with E-state index in [9.17, 15) is 13.2 Å². The van der Waals surface area contributed by atoms with Crippen LogP contribution in [-0.2, 0) is 13.2 Å². The fourth-order valence-corrected chi connectivity index (χ4v) is 2.43. The first-order valence-corrected chi connectivity index (χ1v) is 6.32. The lowest BCUT2D eigenvalue weighted by atomic mass is 10.0. The van der Waals surface area contributed by atoms with E-state index in [1.807, 2.05) is 0 Å². The van der Waals surface area contributed by atoms with E-state index in [2.05, 4.69) is 31.7 Å². The molecule has 0 amide bonds. The molecule has 0 spiro atoms. The molecule has 0 aliphatic heterocycles. The SMILES string of the molecule is Cn1nnc(Br)c1C(NN)c1cccc(C(F)(F)F)c1. The number of nitrogens with two attached hydrogens (primary N) is 1. The van der Waals surface area contributed by atoms with Gasteiger partial charge in [0, 0.05) is 7.05 Å². The molecular formula is C11H11BrF3N5. The summed E-state index contributed by atoms with van der Waals surface area (Å²) in [5.74, 6) is 5.47. The van der Waals surface area contributed by atoms with Gasteiger partial charge in [-0.05, 0) is 33.6 Å². The molecule has 0 bridgehead atoms. The second-order valence-electron chi connectivity index (χ2n) is 4.11. The quantitative estimate of drug-likeness (QED) is 0.658. The van der Waals surface area contributed by atoms with Crippen molar-refractivity contribution in [3.05, 3.63) is 45.7 Å². The lowest BCUT2D eigenvalue weighted by Crippen LogP contribution is -2.30. The highest BCUT2D eigenvalue weighted by Crippen LogP contribution is 2.32. The maximum absolute atomic E-state index is 12.7. The van der Waals surface area contributed by atoms with E-state index in [0.717, 1.165) is 12.1 Å². The van der Waals surface area contributed by atoms with Crippen LogP contribution in [-0.4, -0.2) is 15.0 Å². The minimum Gasteiger partial charge on any atom is -0.271 e. The Morgan fingerprint density at radius 1 is 1.40 bits per heavy atom. The molecule has 1 atom stereocenters. The Morgan fingerprint density at radius 2 is 2.10 bits per heavy atom. The van der Waals surface area contributed by atoms with Gasteiger partial charge in [0.25, 0.3) is 0 Å². The monoisotopic (exact) mass is 349 g/mol. The first-order valence-electron chi connectivity index (χ1n) is 5.53. The van der Waals surface area contributed by atoms with Crippen molar-refractivity contribution in [3.63, 3.8) is 0 Å². The second-order valence-corrected chi connectivity index (χ2v) is 4.86. The predicted molar refractivity (Wildman–Crippen MR) is 69.3 cm³/mol. The van der Waals surface area contributed by atoms with Crippen molar-refractivity contribution in [1.82, 2.24) is 20.4 Å². The van der Waals surface area contributed by atoms with Gasteiger partial charge in [0.2, 0.25) is 0 Å². The smallest absolute Gasteiger partial charge is 0.271 e. The zero-order valence-electron chi connectivity index (χ0n) is 10.3. The molecule has 5 nitrogen and oxygen atoms in total. The molecule has 0 radical (unpaired) electrons. The van der Waals surface area contributed by atoms with Crippen LogP contribution in [0.15, 0.2) is 28.9 Å². The lowest BCUT2D eigenvalue weighted by molar-refractivity contribution is -0.137. The van der Waals surface area contributed by atoms with Gasteiger partial charge >= 0.3 is 6.18 Å². The molecule has 108 valence electrons. The van der Waals surface area contributed by atoms with Crippen LogP contribution >= 0.6 is 15.9 Å². The summed E-state index contributed by atoms with van der Waals surface area (Å²) >= 11 is 3.20. The van der Waals surface area contributed by atoms with Crippen LogP contribution in [0.2, 0.25) is 0 Å². The maximum Gasteiger partial charge on any atom is 0.416 e. The zero-order valence-corrected chi connectivity index (χ0v) is 11.9. The Labute approximate surface area is 121 Å². The number of aromatic nitrogens is 3. The predicted octanol–water partition coefficient (Wildman–Crippen LogP) is 2.15. The van der Waals surface area contributed by atoms with Crippen LogP contribution in [0.5, 0.6) is 0 Å². The largest absolute Gasteiger partial charge is 0.416 e. The molecule has 0 saturated carbocycles. The Balaban J connectivity index is 2.48. The number of hydrogen-bond donors (Lipinski definition) is 2. The topological polar surface area (TPSA) is 68.8 Å². The van der Waals surface area contributed by atoms with Crippen molar-refractivity contribution in [1.29, 1.82) is 0 Å². The summed E-state index contributed by atoms with van der Waals surface area (Å²) in [4.78, 5) is 0. The molecule has 0 aliphatic rings. The van der Waals surface area contributed by atoms with Gasteiger partial charge in [-0.3, -0.25) is 5.84 Å². The molecule has 1 aromatic heterocycles. The Bertz CT molecular complexity index is 591. The van der Waals surface area contributed by atoms with E-state index in [4.69, 9.17) is 5.84 Å². The number of hydrazine groups is 1. The Hall–Kier alpha value is -1.45. The van der Waals surface area contributed by atoms with Gasteiger partial charge in [-0.2, -0.15) is 13.2 Å². The minimum atomic E-state index is -4.41. The van der Waals surface area contributed by atoms with Crippen LogP contribution in [0.25, 0.3) is 0 Å². The van der Waals surface area contributed by atoms with Crippen LogP contribution in [0.1, 0.15) is 22.9 Å². The fraction of sp³-hybridized carbons (Fsp3) is 0.273. The van der Waals surface area contributed by atoms with Crippen molar-refractivity contribution in [2.45, 2.75) is 12.2 Å². The van der Waals surface area contributed by atoms with E-state index >= 15 is 0 Å². The molecular weight excluding hydrogens is 339 g/mol. The van der Waals surface area contributed by atoms with Gasteiger partial charge in [-0.1, -0.05) is 17.3 Å². The van der Waals surface area contributed by atoms with Crippen molar-refractivity contribution < 1.29 is 13.2 Å². The van der Waals surface area contributed by atoms with E-state index in [-0.39, 0.29) is 0 Å². The standard InChI is InChI=1S/C11H11BrF3N5/c1-20-9(10(12)18-19-20)8(17-16)6-3-2-4-7(5-6)11(13,14)15/h2-5,8,17H,16H2,1H3. The summed E-state index contributed by atoms with van der Waals surface area (Å²) in [5, 5.41) is 7.58. The average molecular weight is 350 g/mol. The number of rotatable bonds is 3. The number of nitrogens with zero attached hydrogens (tertiary/aromatic N) is 3. The van der Waals surface area contributed by atoms with Gasteiger partial charge in [-0.15, -0.1) is 5.10 Å². The molecule has 2 aromatic rings. The van der Waals surface area contributed by atoms with Gasteiger partial charge in [0.1, 0.15) is 0 Å².